The van der Waals surface area contributed by atoms with E-state index in [2.05, 4.69) is 108 Å². The molecule has 0 fully saturated rings. The van der Waals surface area contributed by atoms with Gasteiger partial charge in [-0.3, -0.25) is 0 Å². The molecule has 1 aliphatic rings. The topological polar surface area (TPSA) is 49.9 Å². The molecule has 1 N–H and O–H groups in total. The van der Waals surface area contributed by atoms with E-state index < -0.39 is 6.17 Å². The van der Waals surface area contributed by atoms with Gasteiger partial charge in [-0.05, 0) is 35.4 Å². The van der Waals surface area contributed by atoms with Crippen molar-refractivity contribution in [2.45, 2.75) is 6.17 Å². The first-order valence-corrected chi connectivity index (χ1v) is 15.5. The molecule has 44 heavy (non-hydrogen) atoms. The lowest BCUT2D eigenvalue weighted by molar-refractivity contribution is 0.669. The van der Waals surface area contributed by atoms with Crippen LogP contribution in [0, 0.1) is 0 Å². The summed E-state index contributed by atoms with van der Waals surface area (Å²) in [5.41, 5.74) is 7.09. The third-order valence-electron chi connectivity index (χ3n) is 8.37. The van der Waals surface area contributed by atoms with Gasteiger partial charge in [-0.15, -0.1) is 11.3 Å². The Morgan fingerprint density at radius 3 is 2.07 bits per heavy atom. The van der Waals surface area contributed by atoms with Crippen molar-refractivity contribution in [1.82, 2.24) is 5.32 Å². The highest BCUT2D eigenvalue weighted by Gasteiger charge is 2.25. The third-order valence-corrected chi connectivity index (χ3v) is 9.51. The second kappa shape index (κ2) is 10.0. The molecule has 8 aromatic rings. The van der Waals surface area contributed by atoms with Gasteiger partial charge in [-0.25, -0.2) is 9.98 Å². The summed E-state index contributed by atoms with van der Waals surface area (Å²) in [7, 11) is 0. The van der Waals surface area contributed by atoms with Crippen LogP contribution in [0.25, 0.3) is 53.2 Å². The van der Waals surface area contributed by atoms with Crippen LogP contribution in [0.5, 0.6) is 0 Å². The van der Waals surface area contributed by atoms with Gasteiger partial charge in [0.15, 0.2) is 6.17 Å². The summed E-state index contributed by atoms with van der Waals surface area (Å²) in [6.45, 7) is 0. The highest BCUT2D eigenvalue weighted by molar-refractivity contribution is 7.25. The van der Waals surface area contributed by atoms with E-state index in [4.69, 9.17) is 14.4 Å². The number of thiophene rings is 1. The number of aliphatic imine (C=N–C) groups is 2. The van der Waals surface area contributed by atoms with Crippen LogP contribution >= 0.6 is 11.3 Å². The molecule has 208 valence electrons. The van der Waals surface area contributed by atoms with Crippen molar-refractivity contribution < 1.29 is 4.42 Å². The minimum Gasteiger partial charge on any atom is -0.456 e. The van der Waals surface area contributed by atoms with Crippen LogP contribution in [0.2, 0.25) is 0 Å². The summed E-state index contributed by atoms with van der Waals surface area (Å²) in [6, 6.07) is 48.4. The van der Waals surface area contributed by atoms with Crippen LogP contribution in [0.1, 0.15) is 22.9 Å². The van der Waals surface area contributed by atoms with E-state index in [1.165, 1.54) is 20.2 Å². The highest BCUT2D eigenvalue weighted by Crippen LogP contribution is 2.41. The van der Waals surface area contributed by atoms with Crippen LogP contribution in [-0.2, 0) is 0 Å². The molecule has 0 saturated heterocycles. The molecule has 0 bridgehead atoms. The Morgan fingerprint density at radius 1 is 0.500 bits per heavy atom. The van der Waals surface area contributed by atoms with Gasteiger partial charge in [0, 0.05) is 47.6 Å². The van der Waals surface area contributed by atoms with Crippen molar-refractivity contribution in [1.29, 1.82) is 0 Å². The van der Waals surface area contributed by atoms with Gasteiger partial charge in [0.1, 0.15) is 22.8 Å². The molecule has 6 aromatic carbocycles. The maximum absolute atomic E-state index is 6.25. The van der Waals surface area contributed by atoms with E-state index in [-0.39, 0.29) is 0 Å². The van der Waals surface area contributed by atoms with Gasteiger partial charge >= 0.3 is 0 Å². The predicted molar refractivity (Wildman–Crippen MR) is 184 cm³/mol. The van der Waals surface area contributed by atoms with Crippen LogP contribution in [0.15, 0.2) is 154 Å². The van der Waals surface area contributed by atoms with Crippen LogP contribution in [0.3, 0.4) is 0 Å². The number of fused-ring (bicyclic) bond motifs is 6. The molecular weight excluding hydrogens is 559 g/mol. The summed E-state index contributed by atoms with van der Waals surface area (Å²) in [5, 5.41) is 8.31. The molecule has 0 spiro atoms. The lowest BCUT2D eigenvalue weighted by Gasteiger charge is -2.24. The maximum Gasteiger partial charge on any atom is 0.170 e. The summed E-state index contributed by atoms with van der Waals surface area (Å²) in [4.78, 5) is 10.6. The average molecular weight is 584 g/mol. The molecule has 1 atom stereocenters. The third kappa shape index (κ3) is 3.98. The first kappa shape index (κ1) is 25.0. The Kier molecular flexibility index (Phi) is 5.71. The van der Waals surface area contributed by atoms with E-state index in [0.717, 1.165) is 61.4 Å². The van der Waals surface area contributed by atoms with Crippen molar-refractivity contribution >= 4 is 65.1 Å². The highest BCUT2D eigenvalue weighted by atomic mass is 32.1. The van der Waals surface area contributed by atoms with Crippen molar-refractivity contribution in [3.05, 3.63) is 156 Å². The Hall–Kier alpha value is -5.52. The second-order valence-electron chi connectivity index (χ2n) is 11.0. The Balaban J connectivity index is 1.27. The van der Waals surface area contributed by atoms with Crippen molar-refractivity contribution in [3.8, 4) is 11.1 Å². The molecule has 0 aliphatic carbocycles. The molecule has 2 aromatic heterocycles. The largest absolute Gasteiger partial charge is 0.456 e. The van der Waals surface area contributed by atoms with Crippen LogP contribution < -0.4 is 5.32 Å². The molecule has 9 rings (SSSR count). The molecular formula is C39H25N3OS. The number of rotatable bonds is 4. The minimum absolute atomic E-state index is 0.415. The fourth-order valence-electron chi connectivity index (χ4n) is 6.41. The minimum atomic E-state index is -0.415. The number of hydrogen-bond donors (Lipinski definition) is 1. The van der Waals surface area contributed by atoms with E-state index in [1.54, 1.807) is 0 Å². The summed E-state index contributed by atoms with van der Waals surface area (Å²) in [6.07, 6.45) is -0.415. The number of nitrogens with one attached hydrogen (secondary N) is 1. The van der Waals surface area contributed by atoms with Crippen molar-refractivity contribution in [3.63, 3.8) is 0 Å². The van der Waals surface area contributed by atoms with Gasteiger partial charge in [0.2, 0.25) is 0 Å². The van der Waals surface area contributed by atoms with E-state index in [0.29, 0.717) is 0 Å². The number of furan rings is 1. The van der Waals surface area contributed by atoms with Crippen molar-refractivity contribution in [2.24, 2.45) is 9.98 Å². The number of nitrogens with zero attached hydrogens (tertiary/aromatic N) is 2. The number of amidine groups is 2. The molecule has 1 unspecified atom stereocenters. The summed E-state index contributed by atoms with van der Waals surface area (Å²) >= 11 is 1.82. The zero-order chi connectivity index (χ0) is 29.0. The smallest absolute Gasteiger partial charge is 0.170 e. The lowest BCUT2D eigenvalue weighted by atomic mass is 9.94. The van der Waals surface area contributed by atoms with Gasteiger partial charge in [-0.2, -0.15) is 0 Å². The molecule has 3 heterocycles. The Bertz CT molecular complexity index is 2430. The fraction of sp³-hybridized carbons (Fsp3) is 0.0256. The monoisotopic (exact) mass is 583 g/mol. The van der Waals surface area contributed by atoms with Crippen molar-refractivity contribution in [2.75, 3.05) is 0 Å². The quantitative estimate of drug-likeness (QED) is 0.224. The standard InChI is InChI=1S/C39H25N3OS/c1-2-12-24(13-3-1)37-40-38(42-39(41-37)30-19-11-23-34-36(30)29-17-7-9-22-33(29)44-34)27-15-5-4-14-25(27)26-18-10-21-32-35(26)28-16-6-8-20-31(28)43-32/h1-23,39H,(H,40,41,42). The molecule has 4 nitrogen and oxygen atoms in total. The normalized spacial score (nSPS) is 15.0. The predicted octanol–water partition coefficient (Wildman–Crippen LogP) is 10.1. The van der Waals surface area contributed by atoms with E-state index >= 15 is 0 Å². The SMILES string of the molecule is c1ccc(C2=NC(c3cccc4sc5ccccc5c34)N=C(c3ccccc3-c3cccc4oc5ccccc5c34)N2)cc1. The molecule has 5 heteroatoms. The number of para-hydroxylation sites is 1. The zero-order valence-corrected chi connectivity index (χ0v) is 24.4. The molecule has 0 saturated carbocycles. The lowest BCUT2D eigenvalue weighted by Crippen LogP contribution is -2.36. The number of benzene rings is 6. The zero-order valence-electron chi connectivity index (χ0n) is 23.6. The van der Waals surface area contributed by atoms with Gasteiger partial charge < -0.3 is 9.73 Å². The summed E-state index contributed by atoms with van der Waals surface area (Å²) < 4.78 is 8.77. The molecule has 0 amide bonds. The van der Waals surface area contributed by atoms with Gasteiger partial charge in [0.25, 0.3) is 0 Å². The average Bonchev–Trinajstić information content (AvgIpc) is 3.67. The van der Waals surface area contributed by atoms with Gasteiger partial charge in [0.05, 0.1) is 0 Å². The Morgan fingerprint density at radius 2 is 1.16 bits per heavy atom. The number of hydrogen-bond acceptors (Lipinski definition) is 5. The fourth-order valence-corrected chi connectivity index (χ4v) is 7.55. The molecule has 1 aliphatic heterocycles. The first-order valence-electron chi connectivity index (χ1n) is 14.7. The first-order chi connectivity index (χ1) is 21.8. The molecule has 0 radical (unpaired) electrons. The van der Waals surface area contributed by atoms with E-state index in [1.807, 2.05) is 47.7 Å². The van der Waals surface area contributed by atoms with Crippen LogP contribution in [0.4, 0.5) is 0 Å². The Labute approximate surface area is 257 Å². The maximum atomic E-state index is 6.25. The van der Waals surface area contributed by atoms with E-state index in [9.17, 15) is 0 Å². The van der Waals surface area contributed by atoms with Gasteiger partial charge in [-0.1, -0.05) is 115 Å². The summed E-state index contributed by atoms with van der Waals surface area (Å²) in [5.74, 6) is 1.60. The second-order valence-corrected chi connectivity index (χ2v) is 12.0. The van der Waals surface area contributed by atoms with Crippen LogP contribution in [-0.4, -0.2) is 11.7 Å².